The molecule has 1 aliphatic rings. The SMILES string of the molecule is Cc1cc(C)n(Cc2cccc(C(=O)Nc3ccc4c(c3)CCC(=O)N4)c2)n1. The summed E-state index contributed by atoms with van der Waals surface area (Å²) >= 11 is 0. The molecule has 0 aliphatic carbocycles. The Hall–Kier alpha value is -3.41. The van der Waals surface area contributed by atoms with Crippen molar-refractivity contribution in [2.24, 2.45) is 0 Å². The largest absolute Gasteiger partial charge is 0.326 e. The quantitative estimate of drug-likeness (QED) is 0.731. The third-order valence-corrected chi connectivity index (χ3v) is 4.88. The fraction of sp³-hybridized carbons (Fsp3) is 0.227. The van der Waals surface area contributed by atoms with Gasteiger partial charge in [0.2, 0.25) is 5.91 Å². The maximum absolute atomic E-state index is 12.7. The van der Waals surface area contributed by atoms with Gasteiger partial charge in [0, 0.05) is 29.1 Å². The Kier molecular flexibility index (Phi) is 4.69. The minimum Gasteiger partial charge on any atom is -0.326 e. The van der Waals surface area contributed by atoms with Crippen molar-refractivity contribution in [1.29, 1.82) is 0 Å². The lowest BCUT2D eigenvalue weighted by Crippen LogP contribution is -2.19. The summed E-state index contributed by atoms with van der Waals surface area (Å²) in [5, 5.41) is 10.3. The lowest BCUT2D eigenvalue weighted by Gasteiger charge is -2.17. The fourth-order valence-electron chi connectivity index (χ4n) is 3.48. The molecule has 0 atom stereocenters. The van der Waals surface area contributed by atoms with E-state index >= 15 is 0 Å². The number of nitrogens with zero attached hydrogens (tertiary/aromatic N) is 2. The minimum absolute atomic E-state index is 0.0312. The van der Waals surface area contributed by atoms with Crippen molar-refractivity contribution < 1.29 is 9.59 Å². The number of rotatable bonds is 4. The zero-order chi connectivity index (χ0) is 19.7. The van der Waals surface area contributed by atoms with Crippen LogP contribution in [0, 0.1) is 13.8 Å². The monoisotopic (exact) mass is 374 g/mol. The number of benzene rings is 2. The van der Waals surface area contributed by atoms with Crippen LogP contribution in [0.15, 0.2) is 48.5 Å². The van der Waals surface area contributed by atoms with Gasteiger partial charge in [0.15, 0.2) is 0 Å². The van der Waals surface area contributed by atoms with E-state index in [2.05, 4.69) is 15.7 Å². The average Bonchev–Trinajstić information content (AvgIpc) is 2.99. The summed E-state index contributed by atoms with van der Waals surface area (Å²) in [5.41, 5.74) is 6.28. The maximum atomic E-state index is 12.7. The molecule has 2 amide bonds. The fourth-order valence-corrected chi connectivity index (χ4v) is 3.48. The van der Waals surface area contributed by atoms with Crippen molar-refractivity contribution in [3.05, 3.63) is 76.6 Å². The number of hydrogen-bond acceptors (Lipinski definition) is 3. The van der Waals surface area contributed by atoms with E-state index < -0.39 is 0 Å². The number of hydrogen-bond donors (Lipinski definition) is 2. The Balaban J connectivity index is 1.49. The molecule has 28 heavy (non-hydrogen) atoms. The van der Waals surface area contributed by atoms with Gasteiger partial charge in [-0.2, -0.15) is 5.10 Å². The van der Waals surface area contributed by atoms with E-state index in [0.717, 1.165) is 33.9 Å². The number of anilines is 2. The number of aromatic nitrogens is 2. The van der Waals surface area contributed by atoms with Crippen molar-refractivity contribution in [2.75, 3.05) is 10.6 Å². The van der Waals surface area contributed by atoms with Gasteiger partial charge in [0.05, 0.1) is 12.2 Å². The number of aryl methyl sites for hydroxylation is 3. The molecule has 3 aromatic rings. The molecule has 0 spiro atoms. The minimum atomic E-state index is -0.157. The smallest absolute Gasteiger partial charge is 0.255 e. The van der Waals surface area contributed by atoms with Crippen LogP contribution in [0.25, 0.3) is 0 Å². The first-order valence-corrected chi connectivity index (χ1v) is 9.32. The van der Waals surface area contributed by atoms with Crippen LogP contribution < -0.4 is 10.6 Å². The highest BCUT2D eigenvalue weighted by atomic mass is 16.2. The van der Waals surface area contributed by atoms with Crippen LogP contribution >= 0.6 is 0 Å². The Morgan fingerprint density at radius 3 is 2.79 bits per heavy atom. The second-order valence-electron chi connectivity index (χ2n) is 7.16. The molecule has 0 saturated heterocycles. The average molecular weight is 374 g/mol. The van der Waals surface area contributed by atoms with E-state index in [1.807, 2.05) is 61.0 Å². The van der Waals surface area contributed by atoms with E-state index in [1.165, 1.54) is 0 Å². The standard InChI is InChI=1S/C22H22N4O2/c1-14-10-15(2)26(25-14)13-16-4-3-5-18(11-16)22(28)23-19-7-8-20-17(12-19)6-9-21(27)24-20/h3-5,7-8,10-12H,6,9,13H2,1-2H3,(H,23,28)(H,24,27). The summed E-state index contributed by atoms with van der Waals surface area (Å²) in [6, 6.07) is 15.2. The summed E-state index contributed by atoms with van der Waals surface area (Å²) in [4.78, 5) is 24.2. The summed E-state index contributed by atoms with van der Waals surface area (Å²) in [7, 11) is 0. The first kappa shape index (κ1) is 18.0. The lowest BCUT2D eigenvalue weighted by molar-refractivity contribution is -0.116. The highest BCUT2D eigenvalue weighted by molar-refractivity contribution is 6.04. The number of carbonyl (C=O) groups is 2. The molecular formula is C22H22N4O2. The van der Waals surface area contributed by atoms with Crippen LogP contribution in [0.2, 0.25) is 0 Å². The van der Waals surface area contributed by atoms with Crippen LogP contribution in [0.4, 0.5) is 11.4 Å². The third-order valence-electron chi connectivity index (χ3n) is 4.88. The topological polar surface area (TPSA) is 76.0 Å². The van der Waals surface area contributed by atoms with Gasteiger partial charge in [-0.1, -0.05) is 12.1 Å². The third kappa shape index (κ3) is 3.81. The molecule has 2 aromatic carbocycles. The van der Waals surface area contributed by atoms with Gasteiger partial charge in [-0.25, -0.2) is 0 Å². The number of carbonyl (C=O) groups excluding carboxylic acids is 2. The van der Waals surface area contributed by atoms with E-state index in [1.54, 1.807) is 6.07 Å². The normalized spacial score (nSPS) is 13.0. The van der Waals surface area contributed by atoms with Crippen molar-refractivity contribution in [3.8, 4) is 0 Å². The molecule has 6 heteroatoms. The second kappa shape index (κ2) is 7.31. The molecule has 6 nitrogen and oxygen atoms in total. The van der Waals surface area contributed by atoms with E-state index in [0.29, 0.717) is 24.9 Å². The number of fused-ring (bicyclic) bond motifs is 1. The Labute approximate surface area is 163 Å². The van der Waals surface area contributed by atoms with Crippen LogP contribution in [0.3, 0.4) is 0 Å². The molecule has 0 bridgehead atoms. The van der Waals surface area contributed by atoms with Gasteiger partial charge >= 0.3 is 0 Å². The second-order valence-corrected chi connectivity index (χ2v) is 7.16. The lowest BCUT2D eigenvalue weighted by atomic mass is 10.0. The van der Waals surface area contributed by atoms with E-state index in [-0.39, 0.29) is 11.8 Å². The highest BCUT2D eigenvalue weighted by Crippen LogP contribution is 2.26. The van der Waals surface area contributed by atoms with Gasteiger partial charge in [0.25, 0.3) is 5.91 Å². The summed E-state index contributed by atoms with van der Waals surface area (Å²) in [5.74, 6) is -0.126. The van der Waals surface area contributed by atoms with Gasteiger partial charge in [-0.3, -0.25) is 14.3 Å². The molecule has 4 rings (SSSR count). The maximum Gasteiger partial charge on any atom is 0.255 e. The molecule has 142 valence electrons. The molecule has 0 radical (unpaired) electrons. The predicted octanol–water partition coefficient (Wildman–Crippen LogP) is 3.69. The molecule has 2 N–H and O–H groups in total. The summed E-state index contributed by atoms with van der Waals surface area (Å²) < 4.78 is 1.93. The van der Waals surface area contributed by atoms with Crippen molar-refractivity contribution in [3.63, 3.8) is 0 Å². The first-order chi connectivity index (χ1) is 13.5. The molecule has 0 saturated carbocycles. The van der Waals surface area contributed by atoms with Crippen LogP contribution in [-0.4, -0.2) is 21.6 Å². The van der Waals surface area contributed by atoms with Crippen molar-refractivity contribution >= 4 is 23.2 Å². The Bertz CT molecular complexity index is 1070. The molecule has 0 fully saturated rings. The predicted molar refractivity (Wildman–Crippen MR) is 109 cm³/mol. The van der Waals surface area contributed by atoms with E-state index in [4.69, 9.17) is 0 Å². The van der Waals surface area contributed by atoms with Crippen LogP contribution in [-0.2, 0) is 17.8 Å². The van der Waals surface area contributed by atoms with Crippen LogP contribution in [0.1, 0.15) is 39.3 Å². The summed E-state index contributed by atoms with van der Waals surface area (Å²) in [6.45, 7) is 4.62. The Morgan fingerprint density at radius 2 is 2.00 bits per heavy atom. The van der Waals surface area contributed by atoms with Crippen molar-refractivity contribution in [2.45, 2.75) is 33.2 Å². The molecule has 1 aliphatic heterocycles. The Morgan fingerprint density at radius 1 is 1.14 bits per heavy atom. The first-order valence-electron chi connectivity index (χ1n) is 9.32. The highest BCUT2D eigenvalue weighted by Gasteiger charge is 2.16. The molecular weight excluding hydrogens is 352 g/mol. The van der Waals surface area contributed by atoms with Gasteiger partial charge in [-0.15, -0.1) is 0 Å². The summed E-state index contributed by atoms with van der Waals surface area (Å²) in [6.07, 6.45) is 1.15. The zero-order valence-corrected chi connectivity index (χ0v) is 16.0. The number of nitrogens with one attached hydrogen (secondary N) is 2. The molecule has 0 unspecified atom stereocenters. The van der Waals surface area contributed by atoms with Gasteiger partial charge in [0.1, 0.15) is 0 Å². The van der Waals surface area contributed by atoms with Crippen LogP contribution in [0.5, 0.6) is 0 Å². The van der Waals surface area contributed by atoms with Gasteiger partial charge in [-0.05, 0) is 67.8 Å². The molecule has 2 heterocycles. The molecule has 1 aromatic heterocycles. The number of amides is 2. The zero-order valence-electron chi connectivity index (χ0n) is 16.0. The van der Waals surface area contributed by atoms with E-state index in [9.17, 15) is 9.59 Å². The van der Waals surface area contributed by atoms with Gasteiger partial charge < -0.3 is 10.6 Å². The van der Waals surface area contributed by atoms with Crippen molar-refractivity contribution in [1.82, 2.24) is 9.78 Å².